The van der Waals surface area contributed by atoms with Crippen molar-refractivity contribution in [1.29, 1.82) is 0 Å². The molecule has 3 aliphatic carbocycles. The number of furan rings is 1. The van der Waals surface area contributed by atoms with Crippen molar-refractivity contribution in [2.45, 2.75) is 144 Å². The van der Waals surface area contributed by atoms with E-state index in [4.69, 9.17) is 81.9 Å². The van der Waals surface area contributed by atoms with Gasteiger partial charge in [0.25, 0.3) is 0 Å². The molecule has 2 bridgehead atoms. The summed E-state index contributed by atoms with van der Waals surface area (Å²) in [6.45, 7) is 14.8. The fraction of sp³-hybridized carbons (Fsp3) is 0.596. The van der Waals surface area contributed by atoms with Gasteiger partial charge in [0.05, 0.1) is 24.4 Å². The topological polar surface area (TPSA) is 214 Å². The standard InChI is InChI=1S/C47H54Cl3F2NO16/c1-10-30-65-32-31-23(2)27(63-38(56)47(51,52)34(26-17-14-18-60-26)53-39(57)69-41(4,5)6)20-45(59,42(31,7)8)36(67-37(55)25-15-12-11-13-16-25)33-43(9,35(32)66-30)28(64-40(58)62-22-46(48,49)50)19-29-44(33,21-61-29)68-24(3)54/h10-18,27-30,32-36,59H,1,19-22H2,2-9H3,(H,53,57)/t27-,28-,29+,30?,32+,33-,34?,35+,36-,43+,44-,45+/m0/s1. The van der Waals surface area contributed by atoms with Crippen LogP contribution in [0.2, 0.25) is 0 Å². The van der Waals surface area contributed by atoms with Crippen LogP contribution in [-0.2, 0) is 52.2 Å². The zero-order chi connectivity index (χ0) is 50.9. The van der Waals surface area contributed by atoms with E-state index in [0.29, 0.717) is 0 Å². The van der Waals surface area contributed by atoms with E-state index >= 15 is 8.78 Å². The van der Waals surface area contributed by atoms with E-state index in [2.05, 4.69) is 6.58 Å². The molecule has 69 heavy (non-hydrogen) atoms. The molecule has 12 atom stereocenters. The van der Waals surface area contributed by atoms with E-state index in [1.54, 1.807) is 39.0 Å². The first-order valence-corrected chi connectivity index (χ1v) is 23.1. The van der Waals surface area contributed by atoms with E-state index in [1.165, 1.54) is 52.0 Å². The van der Waals surface area contributed by atoms with Crippen molar-refractivity contribution in [2.75, 3.05) is 13.2 Å². The van der Waals surface area contributed by atoms with Crippen LogP contribution in [0.15, 0.2) is 76.9 Å². The third-order valence-electron chi connectivity index (χ3n) is 13.8. The maximum absolute atomic E-state index is 16.8. The number of hydrogen-bond donors (Lipinski definition) is 2. The van der Waals surface area contributed by atoms with Gasteiger partial charge < -0.3 is 57.5 Å². The van der Waals surface area contributed by atoms with Gasteiger partial charge in [-0.3, -0.25) is 4.79 Å². The maximum Gasteiger partial charge on any atom is 0.508 e. The van der Waals surface area contributed by atoms with Gasteiger partial charge >= 0.3 is 36.1 Å². The van der Waals surface area contributed by atoms with E-state index in [0.717, 1.165) is 19.3 Å². The number of hydrogen-bond acceptors (Lipinski definition) is 16. The van der Waals surface area contributed by atoms with Gasteiger partial charge in [-0.25, -0.2) is 19.2 Å². The normalized spacial score (nSPS) is 33.0. The van der Waals surface area contributed by atoms with E-state index in [-0.39, 0.29) is 29.7 Å². The van der Waals surface area contributed by atoms with Crippen molar-refractivity contribution in [3.63, 3.8) is 0 Å². The zero-order valence-corrected chi connectivity index (χ0v) is 41.2. The third-order valence-corrected chi connectivity index (χ3v) is 14.1. The lowest BCUT2D eigenvalue weighted by molar-refractivity contribution is -0.362. The summed E-state index contributed by atoms with van der Waals surface area (Å²) in [5.41, 5.74) is -8.55. The molecule has 378 valence electrons. The molecule has 2 saturated carbocycles. The molecule has 1 aromatic heterocycles. The van der Waals surface area contributed by atoms with Crippen LogP contribution in [0.1, 0.15) is 90.4 Å². The number of carbonyl (C=O) groups is 5. The van der Waals surface area contributed by atoms with Crippen LogP contribution in [0.5, 0.6) is 0 Å². The Kier molecular flexibility index (Phi) is 14.1. The first kappa shape index (κ1) is 52.3. The molecule has 1 amide bonds. The number of fused-ring (bicyclic) bond motifs is 8. The summed E-state index contributed by atoms with van der Waals surface area (Å²) in [5, 5.41) is 16.0. The summed E-state index contributed by atoms with van der Waals surface area (Å²) in [6, 6.07) is 7.63. The van der Waals surface area contributed by atoms with Crippen molar-refractivity contribution in [1.82, 2.24) is 5.32 Å². The molecule has 0 spiro atoms. The van der Waals surface area contributed by atoms with Crippen molar-refractivity contribution in [3.8, 4) is 0 Å². The smallest absolute Gasteiger partial charge is 0.467 e. The lowest BCUT2D eigenvalue weighted by atomic mass is 9.44. The van der Waals surface area contributed by atoms with E-state index < -0.39 is 141 Å². The Morgan fingerprint density at radius 2 is 1.68 bits per heavy atom. The van der Waals surface area contributed by atoms with Gasteiger partial charge in [-0.05, 0) is 69.2 Å². The number of amides is 1. The number of nitrogens with one attached hydrogen (secondary N) is 1. The average molecular weight is 1030 g/mol. The molecule has 1 aromatic carbocycles. The number of halogens is 5. The zero-order valence-electron chi connectivity index (χ0n) is 38.9. The summed E-state index contributed by atoms with van der Waals surface area (Å²) < 4.78 is 91.2. The van der Waals surface area contributed by atoms with Crippen LogP contribution in [0, 0.1) is 16.7 Å². The molecule has 17 nitrogen and oxygen atoms in total. The number of ether oxygens (including phenoxy) is 9. The minimum absolute atomic E-state index is 0.0152. The number of rotatable bonds is 11. The minimum atomic E-state index is -4.58. The second kappa shape index (κ2) is 18.6. The quantitative estimate of drug-likeness (QED) is 0.0943. The highest BCUT2D eigenvalue weighted by Crippen LogP contribution is 2.67. The van der Waals surface area contributed by atoms with Crippen molar-refractivity contribution >= 4 is 65.0 Å². The lowest BCUT2D eigenvalue weighted by Gasteiger charge is -2.69. The Labute approximate surface area is 411 Å². The average Bonchev–Trinajstić information content (AvgIpc) is 3.94. The third kappa shape index (κ3) is 9.56. The highest BCUT2D eigenvalue weighted by molar-refractivity contribution is 6.67. The summed E-state index contributed by atoms with van der Waals surface area (Å²) in [4.78, 5) is 68.6. The molecule has 22 heteroatoms. The SMILES string of the molecule is C=CC1O[C@@H]2C3=C(C)[C@@H](OC(=O)C(F)(F)C(NC(=O)OC(C)(C)C)c4ccco4)C[C@@](O)([C@@H](OC(=O)c4ccccc4)[C@@H]4[C@]5(OC(C)=O)CO[C@@H]5C[C@H](OC(=O)OCC(Cl)(Cl)Cl)[C@@]4(C)[C@@H]2O1)C3(C)C. The van der Waals surface area contributed by atoms with Crippen LogP contribution in [-0.4, -0.2) is 118 Å². The monoisotopic (exact) mass is 1030 g/mol. The lowest BCUT2D eigenvalue weighted by Crippen LogP contribution is -2.82. The fourth-order valence-electron chi connectivity index (χ4n) is 10.7. The number of benzene rings is 1. The minimum Gasteiger partial charge on any atom is -0.467 e. The molecule has 2 N–H and O–H groups in total. The molecule has 7 rings (SSSR count). The molecule has 0 radical (unpaired) electrons. The number of alkyl halides is 5. The first-order chi connectivity index (χ1) is 32.0. The number of esters is 3. The second-order valence-corrected chi connectivity index (χ2v) is 22.1. The number of alkyl carbamates (subject to hydrolysis) is 1. The molecule has 2 unspecified atom stereocenters. The van der Waals surface area contributed by atoms with Crippen LogP contribution >= 0.6 is 34.8 Å². The molecule has 4 fully saturated rings. The van der Waals surface area contributed by atoms with Crippen molar-refractivity contribution < 1.29 is 84.9 Å². The molecular formula is C47H54Cl3F2NO16. The summed E-state index contributed by atoms with van der Waals surface area (Å²) in [6.07, 6.45) is -11.2. The van der Waals surface area contributed by atoms with Gasteiger partial charge in [-0.1, -0.05) is 80.4 Å². The molecule has 2 aromatic rings. The Balaban J connectivity index is 1.43. The Morgan fingerprint density at radius 1 is 1.00 bits per heavy atom. The second-order valence-electron chi connectivity index (χ2n) is 19.6. The van der Waals surface area contributed by atoms with Crippen LogP contribution in [0.25, 0.3) is 0 Å². The Hall–Kier alpha value is -4.50. The van der Waals surface area contributed by atoms with Crippen LogP contribution < -0.4 is 5.32 Å². The molecule has 2 aliphatic heterocycles. The highest BCUT2D eigenvalue weighted by Gasteiger charge is 2.80. The molecular weight excluding hydrogens is 979 g/mol. The van der Waals surface area contributed by atoms with E-state index in [1.807, 2.05) is 5.32 Å². The summed E-state index contributed by atoms with van der Waals surface area (Å²) in [5.74, 6) is -10.6. The molecule has 5 aliphatic rings. The first-order valence-electron chi connectivity index (χ1n) is 22.0. The Bertz CT molecular complexity index is 2350. The Morgan fingerprint density at radius 3 is 2.25 bits per heavy atom. The largest absolute Gasteiger partial charge is 0.508 e. The number of aliphatic hydroxyl groups is 1. The van der Waals surface area contributed by atoms with Gasteiger partial charge in [0.15, 0.2) is 17.9 Å². The van der Waals surface area contributed by atoms with Crippen LogP contribution in [0.3, 0.4) is 0 Å². The van der Waals surface area contributed by atoms with Crippen LogP contribution in [0.4, 0.5) is 18.4 Å². The van der Waals surface area contributed by atoms with Crippen molar-refractivity contribution in [2.24, 2.45) is 16.7 Å². The predicted molar refractivity (Wildman–Crippen MR) is 238 cm³/mol. The highest BCUT2D eigenvalue weighted by atomic mass is 35.6. The van der Waals surface area contributed by atoms with Gasteiger partial charge in [0.1, 0.15) is 60.2 Å². The summed E-state index contributed by atoms with van der Waals surface area (Å²) in [7, 11) is 0. The van der Waals surface area contributed by atoms with Crippen molar-refractivity contribution in [3.05, 3.63) is 83.9 Å². The van der Waals surface area contributed by atoms with E-state index in [9.17, 15) is 29.1 Å². The van der Waals surface area contributed by atoms with Gasteiger partial charge in [-0.2, -0.15) is 8.78 Å². The molecule has 2 saturated heterocycles. The summed E-state index contributed by atoms with van der Waals surface area (Å²) >= 11 is 17.7. The van der Waals surface area contributed by atoms with Gasteiger partial charge in [0.2, 0.25) is 3.79 Å². The molecule has 3 heterocycles. The van der Waals surface area contributed by atoms with Gasteiger partial charge in [0, 0.05) is 30.6 Å². The van der Waals surface area contributed by atoms with Gasteiger partial charge in [-0.15, -0.1) is 0 Å². The predicted octanol–water partition coefficient (Wildman–Crippen LogP) is 8.02. The number of carbonyl (C=O) groups excluding carboxylic acids is 5. The fourth-order valence-corrected chi connectivity index (χ4v) is 10.9. The maximum atomic E-state index is 16.8.